The van der Waals surface area contributed by atoms with E-state index in [0.717, 1.165) is 41.3 Å². The van der Waals surface area contributed by atoms with Gasteiger partial charge in [0.2, 0.25) is 0 Å². The van der Waals surface area contributed by atoms with Gasteiger partial charge in [0.1, 0.15) is 5.69 Å². The van der Waals surface area contributed by atoms with Crippen LogP contribution in [-0.4, -0.2) is 15.6 Å². The average molecular weight is 445 g/mol. The number of hydrogen-bond acceptors (Lipinski definition) is 2. The number of aromatic carboxylic acids is 1. The summed E-state index contributed by atoms with van der Waals surface area (Å²) in [5, 5.41) is 15.5. The fourth-order valence-electron chi connectivity index (χ4n) is 4.97. The first-order valence-corrected chi connectivity index (χ1v) is 11.4. The maximum atomic E-state index is 12.4. The second kappa shape index (κ2) is 8.81. The molecule has 32 heavy (non-hydrogen) atoms. The predicted molar refractivity (Wildman–Crippen MR) is 128 cm³/mol. The molecule has 0 fully saturated rings. The number of nitrogens with one attached hydrogen (secondary N) is 1. The minimum absolute atomic E-state index is 0.233. The highest BCUT2D eigenvalue weighted by Crippen LogP contribution is 2.32. The summed E-state index contributed by atoms with van der Waals surface area (Å²) in [6.45, 7) is 0.957. The van der Waals surface area contributed by atoms with Gasteiger partial charge in [-0.15, -0.1) is 0 Å². The lowest BCUT2D eigenvalue weighted by Gasteiger charge is -2.26. The van der Waals surface area contributed by atoms with Crippen LogP contribution in [0.25, 0.3) is 10.9 Å². The van der Waals surface area contributed by atoms with Crippen molar-refractivity contribution in [1.82, 2.24) is 9.88 Å². The Morgan fingerprint density at radius 2 is 1.88 bits per heavy atom. The molecular formula is C27H25ClN2O2. The number of carboxylic acids is 1. The Morgan fingerprint density at radius 3 is 2.72 bits per heavy atom. The lowest BCUT2D eigenvalue weighted by atomic mass is 9.87. The van der Waals surface area contributed by atoms with E-state index in [1.165, 1.54) is 11.1 Å². The largest absolute Gasteiger partial charge is 0.477 e. The maximum absolute atomic E-state index is 12.4. The van der Waals surface area contributed by atoms with Gasteiger partial charge in [0.15, 0.2) is 0 Å². The van der Waals surface area contributed by atoms with Crippen molar-refractivity contribution in [3.05, 3.63) is 106 Å². The smallest absolute Gasteiger partial charge is 0.352 e. The number of fused-ring (bicyclic) bond motifs is 2. The number of carboxylic acid groups (broad SMARTS) is 1. The van der Waals surface area contributed by atoms with Crippen LogP contribution in [0.2, 0.25) is 5.02 Å². The van der Waals surface area contributed by atoms with Crippen molar-refractivity contribution < 1.29 is 9.90 Å². The van der Waals surface area contributed by atoms with E-state index in [1.807, 2.05) is 53.1 Å². The number of nitrogens with zero attached hydrogens (tertiary/aromatic N) is 1. The van der Waals surface area contributed by atoms with Crippen LogP contribution < -0.4 is 5.32 Å². The fraction of sp³-hybridized carbons (Fsp3) is 0.222. The Morgan fingerprint density at radius 1 is 1.06 bits per heavy atom. The van der Waals surface area contributed by atoms with Crippen LogP contribution in [0.4, 0.5) is 0 Å². The molecule has 4 aromatic rings. The average Bonchev–Trinajstić information content (AvgIpc) is 3.11. The highest BCUT2D eigenvalue weighted by atomic mass is 35.5. The lowest BCUT2D eigenvalue weighted by molar-refractivity contribution is 0.0684. The van der Waals surface area contributed by atoms with Gasteiger partial charge in [0.05, 0.1) is 0 Å². The number of hydrogen-bond donors (Lipinski definition) is 2. The third-order valence-electron chi connectivity index (χ3n) is 6.40. The van der Waals surface area contributed by atoms with E-state index in [1.54, 1.807) is 0 Å². The first kappa shape index (κ1) is 20.8. The Labute approximate surface area is 192 Å². The maximum Gasteiger partial charge on any atom is 0.352 e. The van der Waals surface area contributed by atoms with Gasteiger partial charge >= 0.3 is 5.97 Å². The molecule has 4 nitrogen and oxygen atoms in total. The molecular weight excluding hydrogens is 420 g/mol. The lowest BCUT2D eigenvalue weighted by Crippen LogP contribution is -2.25. The molecule has 5 heteroatoms. The molecule has 1 aliphatic rings. The van der Waals surface area contributed by atoms with Gasteiger partial charge in [-0.1, -0.05) is 66.2 Å². The zero-order chi connectivity index (χ0) is 22.1. The van der Waals surface area contributed by atoms with E-state index >= 15 is 0 Å². The number of halogens is 1. The predicted octanol–water partition coefficient (Wildman–Crippen LogP) is 6.21. The van der Waals surface area contributed by atoms with Crippen molar-refractivity contribution in [2.45, 2.75) is 38.4 Å². The summed E-state index contributed by atoms with van der Waals surface area (Å²) in [5.41, 5.74) is 5.78. The molecule has 3 aromatic carbocycles. The third kappa shape index (κ3) is 3.92. The molecule has 0 unspecified atom stereocenters. The van der Waals surface area contributed by atoms with Crippen LogP contribution in [-0.2, 0) is 19.5 Å². The molecule has 162 valence electrons. The molecule has 5 rings (SSSR count). The van der Waals surface area contributed by atoms with E-state index in [0.29, 0.717) is 23.8 Å². The summed E-state index contributed by atoms with van der Waals surface area (Å²) in [7, 11) is 0. The van der Waals surface area contributed by atoms with Gasteiger partial charge in [-0.2, -0.15) is 0 Å². The van der Waals surface area contributed by atoms with Crippen LogP contribution in [0.1, 0.15) is 51.6 Å². The van der Waals surface area contributed by atoms with E-state index < -0.39 is 5.97 Å². The monoisotopic (exact) mass is 444 g/mol. The summed E-state index contributed by atoms with van der Waals surface area (Å²) < 4.78 is 1.90. The standard InChI is InChI=1S/C27H25ClN2O2/c28-20-10-5-7-18(15-20)17-30-25-14-4-3-12-22(25)23(26(30)27(31)32)16-29-24-13-6-9-19-8-1-2-11-21(19)24/h1-5,7-8,10-12,14-15,24,29H,6,9,13,16-17H2,(H,31,32)/t24-/m0/s1. The molecule has 1 aliphatic carbocycles. The molecule has 0 saturated carbocycles. The van der Waals surface area contributed by atoms with Gasteiger partial charge in [0, 0.05) is 40.6 Å². The zero-order valence-electron chi connectivity index (χ0n) is 17.7. The van der Waals surface area contributed by atoms with E-state index in [4.69, 9.17) is 11.6 Å². The Balaban J connectivity index is 1.53. The molecule has 2 N–H and O–H groups in total. The normalized spacial score (nSPS) is 15.6. The first-order valence-electron chi connectivity index (χ1n) is 11.0. The Hall–Kier alpha value is -3.08. The Kier molecular flexibility index (Phi) is 5.73. The van der Waals surface area contributed by atoms with Crippen molar-refractivity contribution in [3.8, 4) is 0 Å². The molecule has 1 aromatic heterocycles. The van der Waals surface area contributed by atoms with Gasteiger partial charge < -0.3 is 15.0 Å². The van der Waals surface area contributed by atoms with Gasteiger partial charge in [-0.3, -0.25) is 0 Å². The molecule has 1 atom stereocenters. The molecule has 1 heterocycles. The van der Waals surface area contributed by atoms with Crippen molar-refractivity contribution in [2.24, 2.45) is 0 Å². The molecule has 0 radical (unpaired) electrons. The van der Waals surface area contributed by atoms with Crippen LogP contribution in [0.3, 0.4) is 0 Å². The van der Waals surface area contributed by atoms with E-state index in [9.17, 15) is 9.90 Å². The van der Waals surface area contributed by atoms with Crippen LogP contribution in [0, 0.1) is 0 Å². The number of para-hydroxylation sites is 1. The zero-order valence-corrected chi connectivity index (χ0v) is 18.5. The van der Waals surface area contributed by atoms with E-state index in [-0.39, 0.29) is 6.04 Å². The van der Waals surface area contributed by atoms with Crippen LogP contribution in [0.5, 0.6) is 0 Å². The Bertz CT molecular complexity index is 1290. The van der Waals surface area contributed by atoms with Crippen molar-refractivity contribution in [2.75, 3.05) is 0 Å². The highest BCUT2D eigenvalue weighted by Gasteiger charge is 2.25. The first-order chi connectivity index (χ1) is 15.6. The third-order valence-corrected chi connectivity index (χ3v) is 6.64. The van der Waals surface area contributed by atoms with E-state index in [2.05, 4.69) is 29.6 Å². The van der Waals surface area contributed by atoms with Crippen molar-refractivity contribution >= 4 is 28.5 Å². The topological polar surface area (TPSA) is 54.3 Å². The number of aromatic nitrogens is 1. The minimum atomic E-state index is -0.913. The SMILES string of the molecule is O=C(O)c1c(CN[C@H]2CCCc3ccccc32)c2ccccc2n1Cc1cccc(Cl)c1. The molecule has 0 amide bonds. The fourth-order valence-corrected chi connectivity index (χ4v) is 5.18. The summed E-state index contributed by atoms with van der Waals surface area (Å²) in [6.07, 6.45) is 3.30. The summed E-state index contributed by atoms with van der Waals surface area (Å²) in [5.74, 6) is -0.913. The molecule has 0 spiro atoms. The molecule has 0 bridgehead atoms. The van der Waals surface area contributed by atoms with Gasteiger partial charge in [-0.05, 0) is 54.2 Å². The number of carbonyl (C=O) groups is 1. The quantitative estimate of drug-likeness (QED) is 0.371. The summed E-state index contributed by atoms with van der Waals surface area (Å²) in [6, 6.07) is 24.3. The number of benzene rings is 3. The van der Waals surface area contributed by atoms with Crippen molar-refractivity contribution in [3.63, 3.8) is 0 Å². The second-order valence-corrected chi connectivity index (χ2v) is 8.83. The summed E-state index contributed by atoms with van der Waals surface area (Å²) in [4.78, 5) is 12.4. The number of rotatable bonds is 6. The second-order valence-electron chi connectivity index (χ2n) is 8.39. The number of aryl methyl sites for hydroxylation is 1. The van der Waals surface area contributed by atoms with Crippen molar-refractivity contribution in [1.29, 1.82) is 0 Å². The van der Waals surface area contributed by atoms with Gasteiger partial charge in [0.25, 0.3) is 0 Å². The highest BCUT2D eigenvalue weighted by molar-refractivity contribution is 6.30. The molecule has 0 saturated heterocycles. The van der Waals surface area contributed by atoms with Crippen LogP contribution in [0.15, 0.2) is 72.8 Å². The summed E-state index contributed by atoms with van der Waals surface area (Å²) >= 11 is 6.18. The minimum Gasteiger partial charge on any atom is -0.477 e. The molecule has 0 aliphatic heterocycles. The van der Waals surface area contributed by atoms with Crippen LogP contribution >= 0.6 is 11.6 Å². The van der Waals surface area contributed by atoms with Gasteiger partial charge in [-0.25, -0.2) is 4.79 Å².